The minimum absolute atomic E-state index is 0.0788. The average molecular weight is 184 g/mol. The molecule has 2 heteroatoms. The second kappa shape index (κ2) is 3.86. The molecular weight excluding hydrogens is 170 g/mol. The molecule has 13 heavy (non-hydrogen) atoms. The molecule has 0 bridgehead atoms. The summed E-state index contributed by atoms with van der Waals surface area (Å²) in [5.41, 5.74) is 0.843. The number of benzene rings is 1. The highest BCUT2D eigenvalue weighted by Crippen LogP contribution is 2.24. The lowest BCUT2D eigenvalue weighted by atomic mass is 9.97. The van der Waals surface area contributed by atoms with Crippen molar-refractivity contribution in [3.8, 4) is 0 Å². The van der Waals surface area contributed by atoms with E-state index in [0.29, 0.717) is 11.1 Å². The largest absolute Gasteiger partial charge is 0.207 e. The molecule has 0 heterocycles. The first-order chi connectivity index (χ1) is 6.06. The standard InChI is InChI=1S/C11H14F2/c1-4-7(2)9-6-10(12)8(3)5-11(9)13/h5-7H,4H2,1-3H3. The van der Waals surface area contributed by atoms with Gasteiger partial charge < -0.3 is 0 Å². The third-order valence-corrected chi connectivity index (χ3v) is 2.42. The maximum Gasteiger partial charge on any atom is 0.127 e. The van der Waals surface area contributed by atoms with Crippen LogP contribution in [0, 0.1) is 18.6 Å². The molecule has 1 aromatic rings. The predicted octanol–water partition coefficient (Wildman–Crippen LogP) is 3.79. The van der Waals surface area contributed by atoms with Crippen LogP contribution in [0.4, 0.5) is 8.78 Å². The van der Waals surface area contributed by atoms with Gasteiger partial charge in [0.05, 0.1) is 0 Å². The van der Waals surface area contributed by atoms with Gasteiger partial charge in [-0.1, -0.05) is 13.8 Å². The summed E-state index contributed by atoms with van der Waals surface area (Å²) in [7, 11) is 0. The van der Waals surface area contributed by atoms with E-state index in [1.807, 2.05) is 13.8 Å². The highest BCUT2D eigenvalue weighted by Gasteiger charge is 2.11. The Hall–Kier alpha value is -0.920. The van der Waals surface area contributed by atoms with E-state index in [1.165, 1.54) is 12.1 Å². The van der Waals surface area contributed by atoms with Gasteiger partial charge in [-0.3, -0.25) is 0 Å². The van der Waals surface area contributed by atoms with Crippen molar-refractivity contribution in [3.63, 3.8) is 0 Å². The zero-order valence-electron chi connectivity index (χ0n) is 8.20. The van der Waals surface area contributed by atoms with Gasteiger partial charge in [-0.25, -0.2) is 8.78 Å². The van der Waals surface area contributed by atoms with Crippen LogP contribution in [0.5, 0.6) is 0 Å². The fraction of sp³-hybridized carbons (Fsp3) is 0.455. The Morgan fingerprint density at radius 1 is 1.23 bits per heavy atom. The molecule has 0 aliphatic carbocycles. The summed E-state index contributed by atoms with van der Waals surface area (Å²) in [6, 6.07) is 2.57. The minimum atomic E-state index is -0.322. The number of rotatable bonds is 2. The molecule has 1 atom stereocenters. The second-order valence-electron chi connectivity index (χ2n) is 3.43. The molecule has 0 spiro atoms. The van der Waals surface area contributed by atoms with Gasteiger partial charge in [-0.2, -0.15) is 0 Å². The van der Waals surface area contributed by atoms with Crippen molar-refractivity contribution in [2.24, 2.45) is 0 Å². The van der Waals surface area contributed by atoms with E-state index in [9.17, 15) is 8.78 Å². The van der Waals surface area contributed by atoms with Crippen molar-refractivity contribution in [3.05, 3.63) is 34.9 Å². The normalized spacial score (nSPS) is 13.0. The first-order valence-corrected chi connectivity index (χ1v) is 4.51. The predicted molar refractivity (Wildman–Crippen MR) is 49.8 cm³/mol. The summed E-state index contributed by atoms with van der Waals surface area (Å²) < 4.78 is 26.4. The van der Waals surface area contributed by atoms with Crippen molar-refractivity contribution in [1.29, 1.82) is 0 Å². The summed E-state index contributed by atoms with van der Waals surface area (Å²) in [6.45, 7) is 5.42. The maximum absolute atomic E-state index is 13.3. The quantitative estimate of drug-likeness (QED) is 0.656. The molecular formula is C11H14F2. The fourth-order valence-electron chi connectivity index (χ4n) is 1.26. The van der Waals surface area contributed by atoms with Crippen molar-refractivity contribution < 1.29 is 8.78 Å². The Labute approximate surface area is 77.6 Å². The van der Waals surface area contributed by atoms with Crippen molar-refractivity contribution in [2.75, 3.05) is 0 Å². The smallest absolute Gasteiger partial charge is 0.127 e. The molecule has 0 aliphatic heterocycles. The summed E-state index contributed by atoms with van der Waals surface area (Å²) in [5, 5.41) is 0. The van der Waals surface area contributed by atoms with Crippen LogP contribution >= 0.6 is 0 Å². The van der Waals surface area contributed by atoms with E-state index in [2.05, 4.69) is 0 Å². The van der Waals surface area contributed by atoms with Crippen LogP contribution in [0.15, 0.2) is 12.1 Å². The van der Waals surface area contributed by atoms with Crippen LogP contribution in [-0.2, 0) is 0 Å². The molecule has 0 N–H and O–H groups in total. The highest BCUT2D eigenvalue weighted by molar-refractivity contribution is 5.27. The SMILES string of the molecule is CCC(C)c1cc(F)c(C)cc1F. The van der Waals surface area contributed by atoms with Crippen LogP contribution in [-0.4, -0.2) is 0 Å². The van der Waals surface area contributed by atoms with Gasteiger partial charge in [0.2, 0.25) is 0 Å². The van der Waals surface area contributed by atoms with Gasteiger partial charge in [-0.05, 0) is 42.5 Å². The Bertz CT molecular complexity index is 305. The molecule has 1 aromatic carbocycles. The monoisotopic (exact) mass is 184 g/mol. The summed E-state index contributed by atoms with van der Waals surface area (Å²) in [6.07, 6.45) is 0.819. The number of aryl methyl sites for hydroxylation is 1. The first-order valence-electron chi connectivity index (χ1n) is 4.51. The van der Waals surface area contributed by atoms with Crippen LogP contribution in [0.25, 0.3) is 0 Å². The van der Waals surface area contributed by atoms with Gasteiger partial charge in [0, 0.05) is 0 Å². The number of hydrogen-bond donors (Lipinski definition) is 0. The van der Waals surface area contributed by atoms with Gasteiger partial charge in [0.1, 0.15) is 11.6 Å². The maximum atomic E-state index is 13.3. The van der Waals surface area contributed by atoms with Crippen molar-refractivity contribution >= 4 is 0 Å². The summed E-state index contributed by atoms with van der Waals surface area (Å²) >= 11 is 0. The van der Waals surface area contributed by atoms with Crippen LogP contribution in [0.3, 0.4) is 0 Å². The molecule has 72 valence electrons. The Kier molecular flexibility index (Phi) is 3.02. The van der Waals surface area contributed by atoms with Gasteiger partial charge in [-0.15, -0.1) is 0 Å². The van der Waals surface area contributed by atoms with E-state index in [1.54, 1.807) is 6.92 Å². The molecule has 0 amide bonds. The van der Waals surface area contributed by atoms with E-state index in [0.717, 1.165) is 6.42 Å². The molecule has 0 radical (unpaired) electrons. The zero-order valence-corrected chi connectivity index (χ0v) is 8.20. The zero-order chi connectivity index (χ0) is 10.0. The van der Waals surface area contributed by atoms with Gasteiger partial charge in [0.25, 0.3) is 0 Å². The molecule has 0 aliphatic rings. The van der Waals surface area contributed by atoms with Crippen LogP contribution < -0.4 is 0 Å². The van der Waals surface area contributed by atoms with E-state index in [4.69, 9.17) is 0 Å². The van der Waals surface area contributed by atoms with Crippen LogP contribution in [0.1, 0.15) is 37.3 Å². The lowest BCUT2D eigenvalue weighted by Crippen LogP contribution is -1.98. The third kappa shape index (κ3) is 2.06. The Morgan fingerprint density at radius 3 is 2.38 bits per heavy atom. The summed E-state index contributed by atoms with van der Waals surface area (Å²) in [5.74, 6) is -0.542. The molecule has 0 fully saturated rings. The number of hydrogen-bond acceptors (Lipinski definition) is 0. The lowest BCUT2D eigenvalue weighted by molar-refractivity contribution is 0.559. The minimum Gasteiger partial charge on any atom is -0.207 e. The average Bonchev–Trinajstić information content (AvgIpc) is 2.10. The molecule has 0 saturated carbocycles. The van der Waals surface area contributed by atoms with Crippen molar-refractivity contribution in [2.45, 2.75) is 33.1 Å². The summed E-state index contributed by atoms with van der Waals surface area (Å²) in [4.78, 5) is 0. The molecule has 1 unspecified atom stereocenters. The molecule has 0 nitrogen and oxygen atoms in total. The molecule has 0 saturated heterocycles. The third-order valence-electron chi connectivity index (χ3n) is 2.42. The second-order valence-corrected chi connectivity index (χ2v) is 3.43. The van der Waals surface area contributed by atoms with Crippen LogP contribution in [0.2, 0.25) is 0 Å². The topological polar surface area (TPSA) is 0 Å². The van der Waals surface area contributed by atoms with E-state index < -0.39 is 0 Å². The van der Waals surface area contributed by atoms with Gasteiger partial charge >= 0.3 is 0 Å². The first kappa shape index (κ1) is 10.2. The number of halogens is 2. The molecule has 1 rings (SSSR count). The van der Waals surface area contributed by atoms with Crippen molar-refractivity contribution in [1.82, 2.24) is 0 Å². The van der Waals surface area contributed by atoms with Gasteiger partial charge in [0.15, 0.2) is 0 Å². The lowest BCUT2D eigenvalue weighted by Gasteiger charge is -2.11. The fourth-order valence-corrected chi connectivity index (χ4v) is 1.26. The van der Waals surface area contributed by atoms with E-state index >= 15 is 0 Å². The Morgan fingerprint density at radius 2 is 1.85 bits per heavy atom. The highest BCUT2D eigenvalue weighted by atomic mass is 19.1. The molecule has 0 aromatic heterocycles. The van der Waals surface area contributed by atoms with E-state index in [-0.39, 0.29) is 17.6 Å². The Balaban J connectivity index is 3.15.